The molecule has 0 spiro atoms. The van der Waals surface area contributed by atoms with Crippen molar-refractivity contribution < 1.29 is 0 Å². The van der Waals surface area contributed by atoms with Gasteiger partial charge < -0.3 is 10.6 Å². The Morgan fingerprint density at radius 2 is 2.11 bits per heavy atom. The number of halogens is 2. The molecule has 0 atom stereocenters. The maximum absolute atomic E-state index is 6.06. The van der Waals surface area contributed by atoms with Crippen molar-refractivity contribution in [1.29, 1.82) is 0 Å². The van der Waals surface area contributed by atoms with Gasteiger partial charge in [-0.1, -0.05) is 17.7 Å². The van der Waals surface area contributed by atoms with Crippen LogP contribution in [0.5, 0.6) is 0 Å². The third-order valence-corrected chi connectivity index (χ3v) is 3.31. The zero-order valence-corrected chi connectivity index (χ0v) is 12.3. The second-order valence-corrected chi connectivity index (χ2v) is 5.01. The van der Waals surface area contributed by atoms with Gasteiger partial charge in [-0.15, -0.1) is 0 Å². The van der Waals surface area contributed by atoms with E-state index in [1.165, 1.54) is 0 Å². The molecule has 4 nitrogen and oxygen atoms in total. The van der Waals surface area contributed by atoms with Crippen molar-refractivity contribution in [3.63, 3.8) is 0 Å². The van der Waals surface area contributed by atoms with Crippen molar-refractivity contribution in [1.82, 2.24) is 9.97 Å². The second-order valence-electron chi connectivity index (χ2n) is 3.75. The first-order valence-electron chi connectivity index (χ1n) is 5.33. The fourth-order valence-electron chi connectivity index (χ4n) is 1.44. The first kappa shape index (κ1) is 13.1. The Balaban J connectivity index is 2.36. The number of hydrogen-bond acceptors (Lipinski definition) is 4. The Morgan fingerprint density at radius 1 is 1.33 bits per heavy atom. The average Bonchev–Trinajstić information content (AvgIpc) is 2.36. The molecule has 0 unspecified atom stereocenters. The van der Waals surface area contributed by atoms with Crippen molar-refractivity contribution >= 4 is 45.0 Å². The van der Waals surface area contributed by atoms with Crippen LogP contribution >= 0.6 is 27.5 Å². The van der Waals surface area contributed by atoms with Gasteiger partial charge in [0.15, 0.2) is 5.82 Å². The lowest BCUT2D eigenvalue weighted by molar-refractivity contribution is 1.15. The number of rotatable bonds is 3. The highest BCUT2D eigenvalue weighted by Crippen LogP contribution is 2.29. The Bertz CT molecular complexity index is 574. The molecule has 0 amide bonds. The minimum absolute atomic E-state index is 0.474. The van der Waals surface area contributed by atoms with Gasteiger partial charge in [-0.25, -0.2) is 4.98 Å². The summed E-state index contributed by atoms with van der Waals surface area (Å²) in [6, 6.07) is 6.02. The number of nitrogens with zero attached hydrogens (tertiary/aromatic N) is 2. The van der Waals surface area contributed by atoms with Crippen molar-refractivity contribution in [2.45, 2.75) is 6.92 Å². The summed E-state index contributed by atoms with van der Waals surface area (Å²) < 4.78 is 0.953. The maximum atomic E-state index is 6.06. The number of benzene rings is 1. The number of nitrogens with one attached hydrogen (secondary N) is 2. The van der Waals surface area contributed by atoms with Crippen LogP contribution in [0.15, 0.2) is 28.9 Å². The third-order valence-electron chi connectivity index (χ3n) is 2.34. The summed E-state index contributed by atoms with van der Waals surface area (Å²) in [7, 11) is 1.76. The molecule has 0 aliphatic carbocycles. The average molecular weight is 328 g/mol. The number of aryl methyl sites for hydroxylation is 1. The monoisotopic (exact) mass is 326 g/mol. The Labute approximate surface area is 119 Å². The largest absolute Gasteiger partial charge is 0.357 e. The summed E-state index contributed by atoms with van der Waals surface area (Å²) in [6.45, 7) is 2.03. The molecule has 0 saturated carbocycles. The van der Waals surface area contributed by atoms with Crippen molar-refractivity contribution in [3.8, 4) is 0 Å². The van der Waals surface area contributed by atoms with Crippen molar-refractivity contribution in [2.75, 3.05) is 17.7 Å². The molecule has 0 radical (unpaired) electrons. The number of aromatic nitrogens is 2. The topological polar surface area (TPSA) is 49.8 Å². The van der Waals surface area contributed by atoms with Crippen LogP contribution in [0.2, 0.25) is 5.02 Å². The van der Waals surface area contributed by atoms with Gasteiger partial charge in [0.1, 0.15) is 5.02 Å². The van der Waals surface area contributed by atoms with Crippen LogP contribution in [0.25, 0.3) is 0 Å². The van der Waals surface area contributed by atoms with E-state index < -0.39 is 0 Å². The molecule has 1 aromatic carbocycles. The normalized spacial score (nSPS) is 10.2. The molecule has 1 aromatic heterocycles. The fraction of sp³-hybridized carbons (Fsp3) is 0.167. The van der Waals surface area contributed by atoms with Crippen LogP contribution in [-0.4, -0.2) is 17.0 Å². The first-order valence-corrected chi connectivity index (χ1v) is 6.50. The molecule has 94 valence electrons. The molecular formula is C12H12BrClN4. The van der Waals surface area contributed by atoms with E-state index in [1.807, 2.05) is 25.1 Å². The lowest BCUT2D eigenvalue weighted by Gasteiger charge is -2.10. The highest BCUT2D eigenvalue weighted by atomic mass is 79.9. The SMILES string of the molecule is CNc1ncc(Cl)c(Nc2cc(C)ccc2Br)n1. The summed E-state index contributed by atoms with van der Waals surface area (Å²) in [5, 5.41) is 6.53. The fourth-order valence-corrected chi connectivity index (χ4v) is 1.92. The lowest BCUT2D eigenvalue weighted by atomic mass is 10.2. The van der Waals surface area contributed by atoms with Gasteiger partial charge in [0, 0.05) is 11.5 Å². The van der Waals surface area contributed by atoms with Gasteiger partial charge in [-0.05, 0) is 40.5 Å². The highest BCUT2D eigenvalue weighted by Gasteiger charge is 2.07. The molecule has 0 bridgehead atoms. The molecule has 1 heterocycles. The standard InChI is InChI=1S/C12H12BrClN4/c1-7-3-4-8(13)10(5-7)17-11-9(14)6-16-12(15-2)18-11/h3-6H,1-2H3,(H2,15,16,17,18). The smallest absolute Gasteiger partial charge is 0.224 e. The summed E-state index contributed by atoms with van der Waals surface area (Å²) in [5.41, 5.74) is 2.07. The predicted octanol–water partition coefficient (Wildman–Crippen LogP) is 3.99. The van der Waals surface area contributed by atoms with Gasteiger partial charge in [-0.3, -0.25) is 0 Å². The zero-order chi connectivity index (χ0) is 13.1. The summed E-state index contributed by atoms with van der Waals surface area (Å²) in [6.07, 6.45) is 1.56. The molecule has 2 rings (SSSR count). The Hall–Kier alpha value is -1.33. The van der Waals surface area contributed by atoms with Gasteiger partial charge in [0.2, 0.25) is 5.95 Å². The van der Waals surface area contributed by atoms with E-state index in [9.17, 15) is 0 Å². The van der Waals surface area contributed by atoms with Crippen LogP contribution in [0.4, 0.5) is 17.5 Å². The lowest BCUT2D eigenvalue weighted by Crippen LogP contribution is -2.01. The summed E-state index contributed by atoms with van der Waals surface area (Å²) in [5.74, 6) is 1.09. The molecule has 2 N–H and O–H groups in total. The van der Waals surface area contributed by atoms with Crippen LogP contribution in [0, 0.1) is 6.92 Å². The first-order chi connectivity index (χ1) is 8.60. The third kappa shape index (κ3) is 2.91. The Morgan fingerprint density at radius 3 is 2.83 bits per heavy atom. The maximum Gasteiger partial charge on any atom is 0.224 e. The van der Waals surface area contributed by atoms with Gasteiger partial charge in [0.05, 0.1) is 11.9 Å². The second kappa shape index (κ2) is 5.54. The molecule has 0 aliphatic heterocycles. The molecule has 18 heavy (non-hydrogen) atoms. The van der Waals surface area contributed by atoms with Crippen molar-refractivity contribution in [2.24, 2.45) is 0 Å². The van der Waals surface area contributed by atoms with Gasteiger partial charge >= 0.3 is 0 Å². The van der Waals surface area contributed by atoms with Crippen LogP contribution in [0.3, 0.4) is 0 Å². The zero-order valence-electron chi connectivity index (χ0n) is 9.96. The molecule has 0 fully saturated rings. The summed E-state index contributed by atoms with van der Waals surface area (Å²) >= 11 is 9.55. The van der Waals surface area contributed by atoms with Crippen LogP contribution in [0.1, 0.15) is 5.56 Å². The predicted molar refractivity (Wildman–Crippen MR) is 78.8 cm³/mol. The van der Waals surface area contributed by atoms with E-state index in [2.05, 4.69) is 36.5 Å². The number of hydrogen-bond donors (Lipinski definition) is 2. The minimum atomic E-state index is 0.474. The van der Waals surface area contributed by atoms with Crippen molar-refractivity contribution in [3.05, 3.63) is 39.5 Å². The summed E-state index contributed by atoms with van der Waals surface area (Å²) in [4.78, 5) is 8.30. The van der Waals surface area contributed by atoms with E-state index in [0.29, 0.717) is 16.8 Å². The van der Waals surface area contributed by atoms with E-state index in [1.54, 1.807) is 13.2 Å². The Kier molecular flexibility index (Phi) is 4.04. The van der Waals surface area contributed by atoms with Gasteiger partial charge in [-0.2, -0.15) is 4.98 Å². The quantitative estimate of drug-likeness (QED) is 0.895. The van der Waals surface area contributed by atoms with E-state index in [4.69, 9.17) is 11.6 Å². The molecule has 0 aliphatic rings. The van der Waals surface area contributed by atoms with E-state index in [-0.39, 0.29) is 0 Å². The molecular weight excluding hydrogens is 316 g/mol. The minimum Gasteiger partial charge on any atom is -0.357 e. The van der Waals surface area contributed by atoms with Crippen LogP contribution in [-0.2, 0) is 0 Å². The van der Waals surface area contributed by atoms with E-state index in [0.717, 1.165) is 15.7 Å². The molecule has 2 aromatic rings. The number of anilines is 3. The van der Waals surface area contributed by atoms with Crippen LogP contribution < -0.4 is 10.6 Å². The van der Waals surface area contributed by atoms with E-state index >= 15 is 0 Å². The van der Waals surface area contributed by atoms with Gasteiger partial charge in [0.25, 0.3) is 0 Å². The molecule has 0 saturated heterocycles. The molecule has 6 heteroatoms. The highest BCUT2D eigenvalue weighted by molar-refractivity contribution is 9.10.